The fourth-order valence-electron chi connectivity index (χ4n) is 2.86. The van der Waals surface area contributed by atoms with Gasteiger partial charge in [0.05, 0.1) is 19.8 Å². The summed E-state index contributed by atoms with van der Waals surface area (Å²) in [7, 11) is 3.00. The minimum absolute atomic E-state index is 0.173. The minimum Gasteiger partial charge on any atom is -0.493 e. The Balaban J connectivity index is 1.97. The Morgan fingerprint density at radius 3 is 2.31 bits per heavy atom. The molecule has 1 aliphatic rings. The van der Waals surface area contributed by atoms with Crippen molar-refractivity contribution in [3.63, 3.8) is 0 Å². The molecule has 0 aromatic heterocycles. The summed E-state index contributed by atoms with van der Waals surface area (Å²) >= 11 is 3.15. The number of hydrogen-bond acceptors (Lipinski definition) is 3. The summed E-state index contributed by atoms with van der Waals surface area (Å²) in [6, 6.07) is 6.71. The fraction of sp³-hybridized carbons (Fsp3) is 0.211. The Labute approximate surface area is 156 Å². The average molecular weight is 427 g/mol. The van der Waals surface area contributed by atoms with Crippen molar-refractivity contribution in [1.82, 2.24) is 0 Å². The molecule has 0 atom stereocenters. The topological polar surface area (TPSA) is 35.5 Å². The third kappa shape index (κ3) is 3.35. The van der Waals surface area contributed by atoms with Gasteiger partial charge in [0, 0.05) is 22.0 Å². The molecule has 2 aromatic rings. The molecule has 0 N–H and O–H groups in total. The van der Waals surface area contributed by atoms with Crippen LogP contribution in [0, 0.1) is 0 Å². The normalized spacial score (nSPS) is 15.3. The number of hydrogen-bond donors (Lipinski definition) is 0. The highest BCUT2D eigenvalue weighted by molar-refractivity contribution is 9.10. The molecule has 0 fully saturated rings. The molecular weight excluding hydrogens is 413 g/mol. The van der Waals surface area contributed by atoms with Crippen LogP contribution in [0.3, 0.4) is 0 Å². The molecule has 0 unspecified atom stereocenters. The lowest BCUT2D eigenvalue weighted by Gasteiger charge is -2.08. The smallest absolute Gasteiger partial charge is 0.416 e. The molecule has 3 rings (SSSR count). The monoisotopic (exact) mass is 426 g/mol. The van der Waals surface area contributed by atoms with E-state index in [2.05, 4.69) is 15.9 Å². The fourth-order valence-corrected chi connectivity index (χ4v) is 3.36. The number of halogens is 4. The zero-order valence-corrected chi connectivity index (χ0v) is 15.5. The van der Waals surface area contributed by atoms with Gasteiger partial charge >= 0.3 is 6.18 Å². The predicted molar refractivity (Wildman–Crippen MR) is 94.7 cm³/mol. The maximum Gasteiger partial charge on any atom is 0.416 e. The zero-order chi connectivity index (χ0) is 19.1. The maximum atomic E-state index is 12.8. The van der Waals surface area contributed by atoms with Crippen molar-refractivity contribution in [3.05, 3.63) is 62.6 Å². The number of carbonyl (C=O) groups excluding carboxylic acids is 1. The number of Topliss-reactive ketones (excluding diaryl/α,β-unsaturated/α-hetero) is 1. The first-order chi connectivity index (χ1) is 12.2. The molecule has 136 valence electrons. The minimum atomic E-state index is -4.42. The molecule has 3 nitrogen and oxygen atoms in total. The molecule has 0 radical (unpaired) electrons. The SMILES string of the molecule is COc1cc2c(cc1OC)C(=O)C(=Cc1ccc(C(F)(F)F)cc1Br)C2. The molecule has 26 heavy (non-hydrogen) atoms. The first kappa shape index (κ1) is 18.5. The summed E-state index contributed by atoms with van der Waals surface area (Å²) in [5.74, 6) is 0.806. The molecule has 0 saturated carbocycles. The number of ether oxygens (including phenoxy) is 2. The van der Waals surface area contributed by atoms with Crippen molar-refractivity contribution < 1.29 is 27.4 Å². The van der Waals surface area contributed by atoms with Gasteiger partial charge in [-0.2, -0.15) is 13.2 Å². The van der Waals surface area contributed by atoms with Gasteiger partial charge in [-0.15, -0.1) is 0 Å². The van der Waals surface area contributed by atoms with Crippen molar-refractivity contribution >= 4 is 27.8 Å². The van der Waals surface area contributed by atoms with E-state index in [0.29, 0.717) is 34.6 Å². The second-order valence-electron chi connectivity index (χ2n) is 5.77. The summed E-state index contributed by atoms with van der Waals surface area (Å²) in [4.78, 5) is 12.6. The van der Waals surface area contributed by atoms with E-state index in [0.717, 1.165) is 17.7 Å². The second-order valence-corrected chi connectivity index (χ2v) is 6.63. The Hall–Kier alpha value is -2.28. The second kappa shape index (κ2) is 6.79. The standard InChI is InChI=1S/C19H14BrF3O3/c1-25-16-7-11-6-12(18(24)14(11)9-17(16)26-2)5-10-3-4-13(8-15(10)20)19(21,22)23/h3-5,7-9H,6H2,1-2H3. The molecule has 0 spiro atoms. The quantitative estimate of drug-likeness (QED) is 0.624. The van der Waals surface area contributed by atoms with Gasteiger partial charge in [0.2, 0.25) is 0 Å². The van der Waals surface area contributed by atoms with E-state index < -0.39 is 11.7 Å². The summed E-state index contributed by atoms with van der Waals surface area (Å²) in [5, 5.41) is 0. The van der Waals surface area contributed by atoms with E-state index in [1.54, 1.807) is 18.2 Å². The van der Waals surface area contributed by atoms with E-state index in [4.69, 9.17) is 9.47 Å². The van der Waals surface area contributed by atoms with E-state index in [1.807, 2.05) is 0 Å². The van der Waals surface area contributed by atoms with Gasteiger partial charge < -0.3 is 9.47 Å². The van der Waals surface area contributed by atoms with Gasteiger partial charge in [-0.25, -0.2) is 0 Å². The third-order valence-electron chi connectivity index (χ3n) is 4.18. The van der Waals surface area contributed by atoms with E-state index >= 15 is 0 Å². The van der Waals surface area contributed by atoms with Crippen LogP contribution >= 0.6 is 15.9 Å². The van der Waals surface area contributed by atoms with Crippen molar-refractivity contribution in [1.29, 1.82) is 0 Å². The number of benzene rings is 2. The number of allylic oxidation sites excluding steroid dienone is 1. The lowest BCUT2D eigenvalue weighted by atomic mass is 10.1. The number of alkyl halides is 3. The van der Waals surface area contributed by atoms with Crippen LogP contribution in [0.2, 0.25) is 0 Å². The van der Waals surface area contributed by atoms with Gasteiger partial charge in [0.1, 0.15) is 0 Å². The van der Waals surface area contributed by atoms with Gasteiger partial charge in [0.15, 0.2) is 17.3 Å². The van der Waals surface area contributed by atoms with Crippen LogP contribution < -0.4 is 9.47 Å². The van der Waals surface area contributed by atoms with E-state index in [9.17, 15) is 18.0 Å². The predicted octanol–water partition coefficient (Wildman–Crippen LogP) is 5.31. The van der Waals surface area contributed by atoms with Crippen molar-refractivity contribution in [2.75, 3.05) is 14.2 Å². The van der Waals surface area contributed by atoms with E-state index in [-0.39, 0.29) is 10.3 Å². The molecule has 0 heterocycles. The first-order valence-electron chi connectivity index (χ1n) is 7.61. The van der Waals surface area contributed by atoms with Crippen LogP contribution in [0.25, 0.3) is 6.08 Å². The highest BCUT2D eigenvalue weighted by atomic mass is 79.9. The maximum absolute atomic E-state index is 12.8. The van der Waals surface area contributed by atoms with Gasteiger partial charge in [-0.05, 0) is 41.5 Å². The van der Waals surface area contributed by atoms with E-state index in [1.165, 1.54) is 20.3 Å². The Morgan fingerprint density at radius 1 is 1.08 bits per heavy atom. The first-order valence-corrected chi connectivity index (χ1v) is 8.40. The Bertz CT molecular complexity index is 917. The number of rotatable bonds is 3. The third-order valence-corrected chi connectivity index (χ3v) is 4.87. The largest absolute Gasteiger partial charge is 0.493 e. The zero-order valence-electron chi connectivity index (χ0n) is 13.9. The summed E-state index contributed by atoms with van der Waals surface area (Å²) < 4.78 is 49.1. The lowest BCUT2D eigenvalue weighted by Crippen LogP contribution is -2.04. The summed E-state index contributed by atoms with van der Waals surface area (Å²) in [6.45, 7) is 0. The number of carbonyl (C=O) groups is 1. The van der Waals surface area contributed by atoms with Crippen LogP contribution in [0.4, 0.5) is 13.2 Å². The summed E-state index contributed by atoms with van der Waals surface area (Å²) in [6.07, 6.45) is -2.44. The molecule has 0 aliphatic heterocycles. The number of ketones is 1. The van der Waals surface area contributed by atoms with Gasteiger partial charge in [-0.3, -0.25) is 4.79 Å². The molecule has 1 aliphatic carbocycles. The number of methoxy groups -OCH3 is 2. The lowest BCUT2D eigenvalue weighted by molar-refractivity contribution is -0.137. The van der Waals surface area contributed by atoms with Gasteiger partial charge in [-0.1, -0.05) is 22.0 Å². The van der Waals surface area contributed by atoms with Crippen LogP contribution in [0.15, 0.2) is 40.4 Å². The molecule has 2 aromatic carbocycles. The van der Waals surface area contributed by atoms with Crippen molar-refractivity contribution in [2.45, 2.75) is 12.6 Å². The van der Waals surface area contributed by atoms with Crippen molar-refractivity contribution in [2.24, 2.45) is 0 Å². The molecular formula is C19H14BrF3O3. The highest BCUT2D eigenvalue weighted by Crippen LogP contribution is 2.38. The molecule has 7 heteroatoms. The van der Waals surface area contributed by atoms with Crippen molar-refractivity contribution in [3.8, 4) is 11.5 Å². The van der Waals surface area contributed by atoms with Crippen LogP contribution in [0.5, 0.6) is 11.5 Å². The molecule has 0 amide bonds. The average Bonchev–Trinajstić information content (AvgIpc) is 2.89. The summed E-state index contributed by atoms with van der Waals surface area (Å²) in [5.41, 5.74) is 1.56. The van der Waals surface area contributed by atoms with Crippen LogP contribution in [-0.2, 0) is 12.6 Å². The molecule has 0 saturated heterocycles. The Kier molecular flexibility index (Phi) is 4.84. The van der Waals surface area contributed by atoms with Gasteiger partial charge in [0.25, 0.3) is 0 Å². The van der Waals surface area contributed by atoms with Crippen LogP contribution in [0.1, 0.15) is 27.0 Å². The molecule has 0 bridgehead atoms. The van der Waals surface area contributed by atoms with Crippen LogP contribution in [-0.4, -0.2) is 20.0 Å². The highest BCUT2D eigenvalue weighted by Gasteiger charge is 2.31. The number of fused-ring (bicyclic) bond motifs is 1. The Morgan fingerprint density at radius 2 is 1.73 bits per heavy atom.